The lowest BCUT2D eigenvalue weighted by Gasteiger charge is -2.31. The molecule has 98 valence electrons. The highest BCUT2D eigenvalue weighted by Crippen LogP contribution is 2.34. The summed E-state index contributed by atoms with van der Waals surface area (Å²) in [4.78, 5) is 25.1. The lowest BCUT2D eigenvalue weighted by Crippen LogP contribution is -2.38. The van der Waals surface area contributed by atoms with Crippen LogP contribution in [-0.4, -0.2) is 29.8 Å². The first-order valence-electron chi connectivity index (χ1n) is 5.84. The van der Waals surface area contributed by atoms with E-state index < -0.39 is 5.82 Å². The fraction of sp³-hybridized carbons (Fsp3) is 0.231. The number of amides is 2. The number of fused-ring (bicyclic) bond motifs is 3. The van der Waals surface area contributed by atoms with Gasteiger partial charge in [-0.05, 0) is 24.1 Å². The molecule has 0 saturated heterocycles. The number of hydrogen-bond acceptors (Lipinski definition) is 2. The third-order valence-corrected chi connectivity index (χ3v) is 4.00. The minimum Gasteiger partial charge on any atom is -0.343 e. The number of benzene rings is 1. The SMILES string of the molecule is O=C1C=C2c3cc(F)cc(Br)c3CCN2C(=O)CN1. The molecule has 1 aromatic carbocycles. The molecule has 0 fully saturated rings. The van der Waals surface area contributed by atoms with E-state index in [2.05, 4.69) is 21.2 Å². The number of carbonyl (C=O) groups is 2. The summed E-state index contributed by atoms with van der Waals surface area (Å²) in [5.74, 6) is -0.910. The number of carbonyl (C=O) groups excluding carboxylic acids is 2. The first kappa shape index (κ1) is 12.3. The van der Waals surface area contributed by atoms with Crippen LogP contribution in [-0.2, 0) is 16.0 Å². The summed E-state index contributed by atoms with van der Waals surface area (Å²) in [6.07, 6.45) is 1.99. The molecule has 0 radical (unpaired) electrons. The first-order valence-corrected chi connectivity index (χ1v) is 6.64. The van der Waals surface area contributed by atoms with Gasteiger partial charge in [-0.3, -0.25) is 9.59 Å². The standard InChI is InChI=1S/C13H10BrFN2O2/c14-10-4-7(15)3-9-8(10)1-2-17-11(9)5-12(18)16-6-13(17)19/h3-5H,1-2,6H2,(H,16,18). The van der Waals surface area contributed by atoms with Crippen LogP contribution in [0.25, 0.3) is 5.70 Å². The van der Waals surface area contributed by atoms with Gasteiger partial charge in [-0.2, -0.15) is 0 Å². The molecule has 2 aliphatic rings. The summed E-state index contributed by atoms with van der Waals surface area (Å²) < 4.78 is 14.2. The molecule has 0 atom stereocenters. The van der Waals surface area contributed by atoms with Crippen molar-refractivity contribution in [3.05, 3.63) is 39.6 Å². The molecule has 0 saturated carbocycles. The summed E-state index contributed by atoms with van der Waals surface area (Å²) in [7, 11) is 0. The predicted molar refractivity (Wildman–Crippen MR) is 70.5 cm³/mol. The van der Waals surface area contributed by atoms with Crippen LogP contribution in [0.3, 0.4) is 0 Å². The number of halogens is 2. The normalized spacial score (nSPS) is 18.2. The Morgan fingerprint density at radius 3 is 2.89 bits per heavy atom. The Labute approximate surface area is 117 Å². The maximum atomic E-state index is 13.5. The van der Waals surface area contributed by atoms with Gasteiger partial charge in [0.05, 0.1) is 12.2 Å². The van der Waals surface area contributed by atoms with Gasteiger partial charge in [-0.25, -0.2) is 4.39 Å². The molecule has 0 spiro atoms. The second-order valence-corrected chi connectivity index (χ2v) is 5.31. The highest BCUT2D eigenvalue weighted by Gasteiger charge is 2.30. The van der Waals surface area contributed by atoms with E-state index in [1.54, 1.807) is 0 Å². The van der Waals surface area contributed by atoms with Crippen molar-refractivity contribution in [2.24, 2.45) is 0 Å². The van der Waals surface area contributed by atoms with Crippen molar-refractivity contribution in [2.45, 2.75) is 6.42 Å². The average Bonchev–Trinajstić information content (AvgIpc) is 2.50. The van der Waals surface area contributed by atoms with Crippen molar-refractivity contribution in [2.75, 3.05) is 13.1 Å². The van der Waals surface area contributed by atoms with Crippen LogP contribution in [0.5, 0.6) is 0 Å². The van der Waals surface area contributed by atoms with Crippen LogP contribution in [0, 0.1) is 5.82 Å². The molecule has 4 nitrogen and oxygen atoms in total. The average molecular weight is 325 g/mol. The molecule has 0 aliphatic carbocycles. The fourth-order valence-electron chi connectivity index (χ4n) is 2.42. The van der Waals surface area contributed by atoms with Crippen molar-refractivity contribution < 1.29 is 14.0 Å². The molecular formula is C13H10BrFN2O2. The number of nitrogens with zero attached hydrogens (tertiary/aromatic N) is 1. The molecule has 0 aromatic heterocycles. The van der Waals surface area contributed by atoms with E-state index in [1.807, 2.05) is 0 Å². The van der Waals surface area contributed by atoms with Crippen molar-refractivity contribution in [3.63, 3.8) is 0 Å². The van der Waals surface area contributed by atoms with Crippen LogP contribution in [0.1, 0.15) is 11.1 Å². The van der Waals surface area contributed by atoms with Crippen LogP contribution >= 0.6 is 15.9 Å². The van der Waals surface area contributed by atoms with Crippen LogP contribution < -0.4 is 5.32 Å². The topological polar surface area (TPSA) is 49.4 Å². The Hall–Kier alpha value is -1.69. The first-order chi connectivity index (χ1) is 9.06. The maximum absolute atomic E-state index is 13.5. The second kappa shape index (κ2) is 4.45. The Kier molecular flexibility index (Phi) is 2.89. The summed E-state index contributed by atoms with van der Waals surface area (Å²) in [6, 6.07) is 2.76. The van der Waals surface area contributed by atoms with Gasteiger partial charge in [0, 0.05) is 22.7 Å². The quantitative estimate of drug-likeness (QED) is 0.785. The molecule has 1 N–H and O–H groups in total. The largest absolute Gasteiger partial charge is 0.343 e. The fourth-order valence-corrected chi connectivity index (χ4v) is 3.05. The van der Waals surface area contributed by atoms with Crippen molar-refractivity contribution in [1.29, 1.82) is 0 Å². The predicted octanol–water partition coefficient (Wildman–Crippen LogP) is 1.44. The highest BCUT2D eigenvalue weighted by molar-refractivity contribution is 9.10. The van der Waals surface area contributed by atoms with Gasteiger partial charge in [0.1, 0.15) is 5.82 Å². The van der Waals surface area contributed by atoms with E-state index >= 15 is 0 Å². The number of nitrogens with one attached hydrogen (secondary N) is 1. The third-order valence-electron chi connectivity index (χ3n) is 3.30. The lowest BCUT2D eigenvalue weighted by molar-refractivity contribution is -0.128. The van der Waals surface area contributed by atoms with E-state index in [1.165, 1.54) is 23.1 Å². The van der Waals surface area contributed by atoms with Crippen LogP contribution in [0.2, 0.25) is 0 Å². The Morgan fingerprint density at radius 2 is 2.11 bits per heavy atom. The van der Waals surface area contributed by atoms with Crippen LogP contribution in [0.15, 0.2) is 22.7 Å². The van der Waals surface area contributed by atoms with Gasteiger partial charge in [0.25, 0.3) is 0 Å². The summed E-state index contributed by atoms with van der Waals surface area (Å²) in [5, 5.41) is 2.50. The Balaban J connectivity index is 2.21. The van der Waals surface area contributed by atoms with Crippen molar-refractivity contribution in [1.82, 2.24) is 10.2 Å². The zero-order valence-corrected chi connectivity index (χ0v) is 11.5. The molecule has 2 heterocycles. The smallest absolute Gasteiger partial charge is 0.246 e. The van der Waals surface area contributed by atoms with Crippen LogP contribution in [0.4, 0.5) is 4.39 Å². The second-order valence-electron chi connectivity index (χ2n) is 4.46. The van der Waals surface area contributed by atoms with Gasteiger partial charge in [-0.15, -0.1) is 0 Å². The minimum absolute atomic E-state index is 0.0232. The lowest BCUT2D eigenvalue weighted by atomic mass is 9.96. The summed E-state index contributed by atoms with van der Waals surface area (Å²) >= 11 is 3.33. The number of hydrogen-bond donors (Lipinski definition) is 1. The van der Waals surface area contributed by atoms with E-state index in [0.717, 1.165) is 5.56 Å². The van der Waals surface area contributed by atoms with E-state index in [4.69, 9.17) is 0 Å². The molecule has 1 aromatic rings. The number of rotatable bonds is 0. The van der Waals surface area contributed by atoms with E-state index in [0.29, 0.717) is 28.7 Å². The molecular weight excluding hydrogens is 315 g/mol. The van der Waals surface area contributed by atoms with Gasteiger partial charge >= 0.3 is 0 Å². The molecule has 3 rings (SSSR count). The van der Waals surface area contributed by atoms with Crippen molar-refractivity contribution >= 4 is 33.4 Å². The highest BCUT2D eigenvalue weighted by atomic mass is 79.9. The van der Waals surface area contributed by atoms with E-state index in [9.17, 15) is 14.0 Å². The molecule has 2 amide bonds. The third kappa shape index (κ3) is 2.06. The molecule has 6 heteroatoms. The monoisotopic (exact) mass is 324 g/mol. The summed E-state index contributed by atoms with van der Waals surface area (Å²) in [6.45, 7) is 0.474. The zero-order chi connectivity index (χ0) is 13.6. The van der Waals surface area contributed by atoms with Gasteiger partial charge in [0.2, 0.25) is 11.8 Å². The van der Waals surface area contributed by atoms with Gasteiger partial charge in [-0.1, -0.05) is 15.9 Å². The maximum Gasteiger partial charge on any atom is 0.246 e. The zero-order valence-electron chi connectivity index (χ0n) is 9.87. The van der Waals surface area contributed by atoms with E-state index in [-0.39, 0.29) is 18.4 Å². The van der Waals surface area contributed by atoms with Gasteiger partial charge < -0.3 is 10.2 Å². The molecule has 2 aliphatic heterocycles. The molecule has 19 heavy (non-hydrogen) atoms. The Bertz CT molecular complexity index is 627. The molecule has 0 unspecified atom stereocenters. The Morgan fingerprint density at radius 1 is 1.32 bits per heavy atom. The van der Waals surface area contributed by atoms with Gasteiger partial charge in [0.15, 0.2) is 0 Å². The van der Waals surface area contributed by atoms with Crippen molar-refractivity contribution in [3.8, 4) is 0 Å². The molecule has 0 bridgehead atoms. The summed E-state index contributed by atoms with van der Waals surface area (Å²) in [5.41, 5.74) is 2.00. The minimum atomic E-state index is -0.398.